The summed E-state index contributed by atoms with van der Waals surface area (Å²) in [6.45, 7) is 7.60. The van der Waals surface area contributed by atoms with Crippen molar-refractivity contribution in [3.8, 4) is 5.75 Å². The quantitative estimate of drug-likeness (QED) is 0.829. The van der Waals surface area contributed by atoms with E-state index in [2.05, 4.69) is 4.90 Å². The zero-order valence-corrected chi connectivity index (χ0v) is 13.2. The van der Waals surface area contributed by atoms with Gasteiger partial charge in [0.25, 0.3) is 0 Å². The highest BCUT2D eigenvalue weighted by atomic mass is 16.5. The molecule has 0 bridgehead atoms. The van der Waals surface area contributed by atoms with E-state index in [9.17, 15) is 4.79 Å². The van der Waals surface area contributed by atoms with Gasteiger partial charge in [-0.15, -0.1) is 0 Å². The van der Waals surface area contributed by atoms with E-state index < -0.39 is 0 Å². The SMILES string of the molecule is CC1(C)CN(CC(=O)N2CCOCC2)c2cc(N)ccc2O1. The number of carbonyl (C=O) groups is 1. The van der Waals surface area contributed by atoms with E-state index in [0.29, 0.717) is 45.1 Å². The van der Waals surface area contributed by atoms with Gasteiger partial charge in [0.2, 0.25) is 5.91 Å². The number of fused-ring (bicyclic) bond motifs is 1. The first-order chi connectivity index (χ1) is 10.4. The Morgan fingerprint density at radius 3 is 2.77 bits per heavy atom. The van der Waals surface area contributed by atoms with E-state index in [-0.39, 0.29) is 11.5 Å². The standard InChI is InChI=1S/C16H23N3O3/c1-16(2)11-19(10-15(20)18-5-7-21-8-6-18)13-9-12(17)3-4-14(13)22-16/h3-4,9H,5-8,10-11,17H2,1-2H3. The van der Waals surface area contributed by atoms with Crippen LogP contribution in [0.5, 0.6) is 5.75 Å². The molecule has 6 heteroatoms. The van der Waals surface area contributed by atoms with Crippen LogP contribution in [-0.4, -0.2) is 55.8 Å². The highest BCUT2D eigenvalue weighted by molar-refractivity contribution is 5.83. The van der Waals surface area contributed by atoms with Gasteiger partial charge >= 0.3 is 0 Å². The lowest BCUT2D eigenvalue weighted by molar-refractivity contribution is -0.133. The maximum atomic E-state index is 12.5. The average molecular weight is 305 g/mol. The maximum Gasteiger partial charge on any atom is 0.242 e. The third-order valence-electron chi connectivity index (χ3n) is 3.97. The average Bonchev–Trinajstić information content (AvgIpc) is 2.48. The lowest BCUT2D eigenvalue weighted by atomic mass is 10.0. The van der Waals surface area contributed by atoms with Crippen molar-refractivity contribution in [1.82, 2.24) is 4.90 Å². The summed E-state index contributed by atoms with van der Waals surface area (Å²) in [5.41, 5.74) is 7.11. The molecule has 2 N–H and O–H groups in total. The molecular formula is C16H23N3O3. The number of hydrogen-bond donors (Lipinski definition) is 1. The lowest BCUT2D eigenvalue weighted by Crippen LogP contribution is -2.52. The minimum atomic E-state index is -0.339. The molecule has 2 aliphatic rings. The molecule has 0 spiro atoms. The highest BCUT2D eigenvalue weighted by Gasteiger charge is 2.33. The topological polar surface area (TPSA) is 68.0 Å². The summed E-state index contributed by atoms with van der Waals surface area (Å²) in [4.78, 5) is 16.5. The second kappa shape index (κ2) is 5.68. The van der Waals surface area contributed by atoms with Crippen LogP contribution in [0.4, 0.5) is 11.4 Å². The second-order valence-electron chi connectivity index (χ2n) is 6.44. The van der Waals surface area contributed by atoms with Crippen molar-refractivity contribution < 1.29 is 14.3 Å². The Kier molecular flexibility index (Phi) is 3.87. The maximum absolute atomic E-state index is 12.5. The van der Waals surface area contributed by atoms with Crippen molar-refractivity contribution in [1.29, 1.82) is 0 Å². The minimum Gasteiger partial charge on any atom is -0.484 e. The molecular weight excluding hydrogens is 282 g/mol. The van der Waals surface area contributed by atoms with Crippen molar-refractivity contribution in [3.63, 3.8) is 0 Å². The van der Waals surface area contributed by atoms with Crippen LogP contribution in [0.1, 0.15) is 13.8 Å². The van der Waals surface area contributed by atoms with Gasteiger partial charge in [-0.2, -0.15) is 0 Å². The van der Waals surface area contributed by atoms with Gasteiger partial charge in [0.1, 0.15) is 11.4 Å². The Hall–Kier alpha value is -1.95. The summed E-state index contributed by atoms with van der Waals surface area (Å²) < 4.78 is 11.3. The molecule has 0 aromatic heterocycles. The van der Waals surface area contributed by atoms with Crippen LogP contribution >= 0.6 is 0 Å². The molecule has 0 saturated carbocycles. The van der Waals surface area contributed by atoms with Gasteiger partial charge in [-0.1, -0.05) is 0 Å². The van der Waals surface area contributed by atoms with Crippen LogP contribution in [0.3, 0.4) is 0 Å². The van der Waals surface area contributed by atoms with Gasteiger partial charge in [-0.3, -0.25) is 4.79 Å². The molecule has 22 heavy (non-hydrogen) atoms. The van der Waals surface area contributed by atoms with E-state index in [4.69, 9.17) is 15.2 Å². The Morgan fingerprint density at radius 2 is 2.05 bits per heavy atom. The molecule has 0 aliphatic carbocycles. The largest absolute Gasteiger partial charge is 0.484 e. The number of anilines is 2. The van der Waals surface area contributed by atoms with E-state index >= 15 is 0 Å². The summed E-state index contributed by atoms with van der Waals surface area (Å²) in [5.74, 6) is 0.898. The first kappa shape index (κ1) is 15.0. The van der Waals surface area contributed by atoms with Gasteiger partial charge in [0.05, 0.1) is 32.0 Å². The number of amides is 1. The number of hydrogen-bond acceptors (Lipinski definition) is 5. The van der Waals surface area contributed by atoms with Gasteiger partial charge in [-0.25, -0.2) is 0 Å². The third-order valence-corrected chi connectivity index (χ3v) is 3.97. The lowest BCUT2D eigenvalue weighted by Gasteiger charge is -2.41. The fraction of sp³-hybridized carbons (Fsp3) is 0.562. The van der Waals surface area contributed by atoms with Gasteiger partial charge < -0.3 is 25.0 Å². The zero-order chi connectivity index (χ0) is 15.7. The molecule has 1 aromatic rings. The molecule has 1 aromatic carbocycles. The number of ether oxygens (including phenoxy) is 2. The van der Waals surface area contributed by atoms with E-state index in [1.54, 1.807) is 0 Å². The van der Waals surface area contributed by atoms with E-state index in [1.165, 1.54) is 0 Å². The number of morpholine rings is 1. The van der Waals surface area contributed by atoms with Crippen LogP contribution in [0.2, 0.25) is 0 Å². The predicted octanol–water partition coefficient (Wildman–Crippen LogP) is 1.10. The molecule has 2 heterocycles. The van der Waals surface area contributed by atoms with Gasteiger partial charge in [0, 0.05) is 18.8 Å². The van der Waals surface area contributed by atoms with Crippen LogP contribution in [0.25, 0.3) is 0 Å². The molecule has 2 aliphatic heterocycles. The van der Waals surface area contributed by atoms with Crippen LogP contribution in [0.15, 0.2) is 18.2 Å². The molecule has 0 radical (unpaired) electrons. The highest BCUT2D eigenvalue weighted by Crippen LogP contribution is 2.38. The Morgan fingerprint density at radius 1 is 1.32 bits per heavy atom. The summed E-state index contributed by atoms with van der Waals surface area (Å²) in [6.07, 6.45) is 0. The van der Waals surface area contributed by atoms with Crippen molar-refractivity contribution in [3.05, 3.63) is 18.2 Å². The van der Waals surface area contributed by atoms with Crippen molar-refractivity contribution in [2.75, 3.05) is 50.0 Å². The Balaban J connectivity index is 1.80. The third kappa shape index (κ3) is 3.11. The number of carbonyl (C=O) groups excluding carboxylic acids is 1. The number of benzene rings is 1. The molecule has 1 amide bonds. The molecule has 0 unspecified atom stereocenters. The van der Waals surface area contributed by atoms with Crippen LogP contribution < -0.4 is 15.4 Å². The van der Waals surface area contributed by atoms with Crippen LogP contribution in [-0.2, 0) is 9.53 Å². The molecule has 3 rings (SSSR count). The predicted molar refractivity (Wildman–Crippen MR) is 85.2 cm³/mol. The van der Waals surface area contributed by atoms with Crippen molar-refractivity contribution in [2.45, 2.75) is 19.4 Å². The summed E-state index contributed by atoms with van der Waals surface area (Å²) in [6, 6.07) is 5.57. The molecule has 120 valence electrons. The molecule has 1 saturated heterocycles. The van der Waals surface area contributed by atoms with E-state index in [0.717, 1.165) is 11.4 Å². The Bertz CT molecular complexity index is 568. The number of rotatable bonds is 2. The fourth-order valence-electron chi connectivity index (χ4n) is 2.96. The fourth-order valence-corrected chi connectivity index (χ4v) is 2.96. The minimum absolute atomic E-state index is 0.120. The first-order valence-electron chi connectivity index (χ1n) is 7.64. The summed E-state index contributed by atoms with van der Waals surface area (Å²) >= 11 is 0. The van der Waals surface area contributed by atoms with Crippen molar-refractivity contribution in [2.24, 2.45) is 0 Å². The van der Waals surface area contributed by atoms with E-state index in [1.807, 2.05) is 36.9 Å². The smallest absolute Gasteiger partial charge is 0.242 e. The summed E-state index contributed by atoms with van der Waals surface area (Å²) in [7, 11) is 0. The second-order valence-corrected chi connectivity index (χ2v) is 6.44. The molecule has 1 fully saturated rings. The van der Waals surface area contributed by atoms with Gasteiger partial charge in [-0.05, 0) is 32.0 Å². The summed E-state index contributed by atoms with van der Waals surface area (Å²) in [5, 5.41) is 0. The first-order valence-corrected chi connectivity index (χ1v) is 7.64. The molecule has 0 atom stereocenters. The monoisotopic (exact) mass is 305 g/mol. The zero-order valence-electron chi connectivity index (χ0n) is 13.2. The van der Waals surface area contributed by atoms with Gasteiger partial charge in [0.15, 0.2) is 0 Å². The normalized spacial score (nSPS) is 20.3. The molecule has 6 nitrogen and oxygen atoms in total. The van der Waals surface area contributed by atoms with Crippen LogP contribution in [0, 0.1) is 0 Å². The number of nitrogens with zero attached hydrogens (tertiary/aromatic N) is 2. The van der Waals surface area contributed by atoms with Crippen molar-refractivity contribution >= 4 is 17.3 Å². The number of nitrogens with two attached hydrogens (primary N) is 1. The Labute approximate surface area is 130 Å². The number of nitrogen functional groups attached to an aromatic ring is 1.